The lowest BCUT2D eigenvalue weighted by Gasteiger charge is -2.11. The Kier molecular flexibility index (Phi) is 2.25. The fraction of sp³-hybridized carbons (Fsp3) is 0.857. The summed E-state index contributed by atoms with van der Waals surface area (Å²) in [6.07, 6.45) is 0.666. The van der Waals surface area contributed by atoms with Crippen LogP contribution in [-0.2, 0) is 9.53 Å². The van der Waals surface area contributed by atoms with E-state index >= 15 is 0 Å². The van der Waals surface area contributed by atoms with Crippen LogP contribution in [0.25, 0.3) is 0 Å². The summed E-state index contributed by atoms with van der Waals surface area (Å²) < 4.78 is 17.4. The SMILES string of the molecule is CC(=O)O[C@H]1CCC[C@@H]1F. The lowest BCUT2D eigenvalue weighted by Crippen LogP contribution is -2.21. The summed E-state index contributed by atoms with van der Waals surface area (Å²) in [6.45, 7) is 1.31. The summed E-state index contributed by atoms with van der Waals surface area (Å²) >= 11 is 0. The van der Waals surface area contributed by atoms with Crippen LogP contribution in [0, 0.1) is 0 Å². The Labute approximate surface area is 59.4 Å². The van der Waals surface area contributed by atoms with Crippen LogP contribution in [0.15, 0.2) is 0 Å². The second-order valence-electron chi connectivity index (χ2n) is 2.59. The average molecular weight is 146 g/mol. The maximum Gasteiger partial charge on any atom is 0.303 e. The molecule has 0 amide bonds. The summed E-state index contributed by atoms with van der Waals surface area (Å²) in [6, 6.07) is 0. The van der Waals surface area contributed by atoms with Gasteiger partial charge in [-0.25, -0.2) is 4.39 Å². The van der Waals surface area contributed by atoms with E-state index in [9.17, 15) is 9.18 Å². The van der Waals surface area contributed by atoms with Crippen molar-refractivity contribution in [3.8, 4) is 0 Å². The zero-order chi connectivity index (χ0) is 7.56. The molecule has 2 atom stereocenters. The largest absolute Gasteiger partial charge is 0.459 e. The summed E-state index contributed by atoms with van der Waals surface area (Å²) in [7, 11) is 0. The topological polar surface area (TPSA) is 26.3 Å². The molecule has 3 heteroatoms. The molecule has 0 aromatic carbocycles. The van der Waals surface area contributed by atoms with E-state index in [2.05, 4.69) is 0 Å². The van der Waals surface area contributed by atoms with Crippen molar-refractivity contribution in [2.24, 2.45) is 0 Å². The predicted molar refractivity (Wildman–Crippen MR) is 34.3 cm³/mol. The molecule has 1 aliphatic carbocycles. The molecule has 0 spiro atoms. The van der Waals surface area contributed by atoms with Crippen LogP contribution in [0.5, 0.6) is 0 Å². The van der Waals surface area contributed by atoms with Crippen LogP contribution in [0.2, 0.25) is 0 Å². The van der Waals surface area contributed by atoms with Gasteiger partial charge in [0.15, 0.2) is 0 Å². The number of alkyl halides is 1. The molecule has 0 aromatic rings. The van der Waals surface area contributed by atoms with E-state index in [0.29, 0.717) is 12.8 Å². The zero-order valence-corrected chi connectivity index (χ0v) is 5.97. The molecule has 0 saturated heterocycles. The predicted octanol–water partition coefficient (Wildman–Crippen LogP) is 1.44. The fourth-order valence-electron chi connectivity index (χ4n) is 1.23. The number of esters is 1. The first kappa shape index (κ1) is 7.51. The number of carbonyl (C=O) groups excluding carboxylic acids is 1. The van der Waals surface area contributed by atoms with E-state index in [-0.39, 0.29) is 5.97 Å². The summed E-state index contributed by atoms with van der Waals surface area (Å²) in [5.41, 5.74) is 0. The van der Waals surface area contributed by atoms with Gasteiger partial charge < -0.3 is 4.74 Å². The smallest absolute Gasteiger partial charge is 0.303 e. The third kappa shape index (κ3) is 1.69. The number of halogens is 1. The van der Waals surface area contributed by atoms with Gasteiger partial charge in [-0.2, -0.15) is 0 Å². The lowest BCUT2D eigenvalue weighted by molar-refractivity contribution is -0.148. The molecule has 0 bridgehead atoms. The van der Waals surface area contributed by atoms with Gasteiger partial charge in [0, 0.05) is 6.92 Å². The highest BCUT2D eigenvalue weighted by Gasteiger charge is 2.29. The molecule has 1 saturated carbocycles. The molecule has 0 radical (unpaired) electrons. The number of rotatable bonds is 1. The number of hydrogen-bond donors (Lipinski definition) is 0. The molecule has 1 rings (SSSR count). The Morgan fingerprint density at radius 2 is 2.30 bits per heavy atom. The van der Waals surface area contributed by atoms with Gasteiger partial charge in [0.1, 0.15) is 12.3 Å². The average Bonchev–Trinajstić information content (AvgIpc) is 2.15. The third-order valence-corrected chi connectivity index (χ3v) is 1.69. The van der Waals surface area contributed by atoms with Gasteiger partial charge in [-0.15, -0.1) is 0 Å². The molecule has 0 aliphatic heterocycles. The van der Waals surface area contributed by atoms with Crippen molar-refractivity contribution in [2.75, 3.05) is 0 Å². The highest BCUT2D eigenvalue weighted by atomic mass is 19.1. The Morgan fingerprint density at radius 1 is 1.60 bits per heavy atom. The van der Waals surface area contributed by atoms with Crippen molar-refractivity contribution in [1.29, 1.82) is 0 Å². The van der Waals surface area contributed by atoms with Crippen molar-refractivity contribution in [3.63, 3.8) is 0 Å². The molecular formula is C7H11FO2. The van der Waals surface area contributed by atoms with Gasteiger partial charge in [0.25, 0.3) is 0 Å². The van der Waals surface area contributed by atoms with Gasteiger partial charge in [-0.1, -0.05) is 0 Å². The van der Waals surface area contributed by atoms with Crippen molar-refractivity contribution in [1.82, 2.24) is 0 Å². The molecule has 0 N–H and O–H groups in total. The summed E-state index contributed by atoms with van der Waals surface area (Å²) in [4.78, 5) is 10.4. The summed E-state index contributed by atoms with van der Waals surface area (Å²) in [5.74, 6) is -0.380. The number of carbonyl (C=O) groups is 1. The van der Waals surface area contributed by atoms with Crippen molar-refractivity contribution in [2.45, 2.75) is 38.5 Å². The first-order chi connectivity index (χ1) is 4.70. The monoisotopic (exact) mass is 146 g/mol. The number of hydrogen-bond acceptors (Lipinski definition) is 2. The van der Waals surface area contributed by atoms with Crippen LogP contribution < -0.4 is 0 Å². The first-order valence-electron chi connectivity index (χ1n) is 3.51. The fourth-order valence-corrected chi connectivity index (χ4v) is 1.23. The Morgan fingerprint density at radius 3 is 2.70 bits per heavy atom. The molecule has 1 fully saturated rings. The highest BCUT2D eigenvalue weighted by molar-refractivity contribution is 5.66. The van der Waals surface area contributed by atoms with E-state index in [4.69, 9.17) is 4.74 Å². The second-order valence-corrected chi connectivity index (χ2v) is 2.59. The van der Waals surface area contributed by atoms with Crippen molar-refractivity contribution >= 4 is 5.97 Å². The molecule has 2 nitrogen and oxygen atoms in total. The van der Waals surface area contributed by atoms with Crippen molar-refractivity contribution in [3.05, 3.63) is 0 Å². The molecule has 0 heterocycles. The maximum absolute atomic E-state index is 12.7. The van der Waals surface area contributed by atoms with E-state index in [0.717, 1.165) is 6.42 Å². The Balaban J connectivity index is 2.33. The van der Waals surface area contributed by atoms with Gasteiger partial charge in [0.05, 0.1) is 0 Å². The first-order valence-corrected chi connectivity index (χ1v) is 3.51. The standard InChI is InChI=1S/C7H11FO2/c1-5(9)10-7-4-2-3-6(7)8/h6-7H,2-4H2,1H3/t6-,7-/m0/s1. The lowest BCUT2D eigenvalue weighted by atomic mass is 10.3. The van der Waals surface area contributed by atoms with Crippen LogP contribution in [0.1, 0.15) is 26.2 Å². The molecule has 58 valence electrons. The minimum Gasteiger partial charge on any atom is -0.459 e. The molecule has 10 heavy (non-hydrogen) atoms. The molecular weight excluding hydrogens is 135 g/mol. The van der Waals surface area contributed by atoms with Gasteiger partial charge in [0.2, 0.25) is 0 Å². The molecule has 1 aliphatic rings. The van der Waals surface area contributed by atoms with E-state index in [1.54, 1.807) is 0 Å². The van der Waals surface area contributed by atoms with Gasteiger partial charge >= 0.3 is 5.97 Å². The van der Waals surface area contributed by atoms with Crippen LogP contribution in [0.3, 0.4) is 0 Å². The Hall–Kier alpha value is -0.600. The quantitative estimate of drug-likeness (QED) is 0.523. The normalized spacial score (nSPS) is 32.2. The highest BCUT2D eigenvalue weighted by Crippen LogP contribution is 2.24. The van der Waals surface area contributed by atoms with Gasteiger partial charge in [-0.05, 0) is 19.3 Å². The van der Waals surface area contributed by atoms with Crippen molar-refractivity contribution < 1.29 is 13.9 Å². The summed E-state index contributed by atoms with van der Waals surface area (Å²) in [5, 5.41) is 0. The maximum atomic E-state index is 12.7. The van der Waals surface area contributed by atoms with Crippen LogP contribution in [0.4, 0.5) is 4.39 Å². The van der Waals surface area contributed by atoms with E-state index in [1.165, 1.54) is 6.92 Å². The molecule has 0 aromatic heterocycles. The molecule has 0 unspecified atom stereocenters. The number of ether oxygens (including phenoxy) is 1. The van der Waals surface area contributed by atoms with E-state index in [1.807, 2.05) is 0 Å². The van der Waals surface area contributed by atoms with E-state index < -0.39 is 12.3 Å². The minimum absolute atomic E-state index is 0.380. The zero-order valence-electron chi connectivity index (χ0n) is 5.97. The Bertz CT molecular complexity index is 136. The second kappa shape index (κ2) is 2.99. The third-order valence-electron chi connectivity index (χ3n) is 1.69. The van der Waals surface area contributed by atoms with Crippen LogP contribution >= 0.6 is 0 Å². The van der Waals surface area contributed by atoms with Gasteiger partial charge in [-0.3, -0.25) is 4.79 Å². The van der Waals surface area contributed by atoms with Crippen LogP contribution in [-0.4, -0.2) is 18.2 Å². The minimum atomic E-state index is -0.927.